The maximum Gasteiger partial charge on any atom is 0.227 e. The van der Waals surface area contributed by atoms with Gasteiger partial charge in [0.15, 0.2) is 10.1 Å². The summed E-state index contributed by atoms with van der Waals surface area (Å²) >= 11 is 2.83. The number of nitrogens with zero attached hydrogens (tertiary/aromatic N) is 3. The zero-order valence-corrected chi connectivity index (χ0v) is 17.3. The minimum absolute atomic E-state index is 0.0308. The predicted octanol–water partition coefficient (Wildman–Crippen LogP) is 4.25. The number of carbonyl (C=O) groups excluding carboxylic acids is 2. The molecule has 1 fully saturated rings. The number of hydrogen-bond donors (Lipinski definition) is 1. The fourth-order valence-electron chi connectivity index (χ4n) is 3.07. The fraction of sp³-hybridized carbons (Fsp3) is 0.238. The second kappa shape index (κ2) is 9.19. The van der Waals surface area contributed by atoms with Crippen molar-refractivity contribution in [1.29, 1.82) is 0 Å². The van der Waals surface area contributed by atoms with E-state index < -0.39 is 0 Å². The van der Waals surface area contributed by atoms with Crippen molar-refractivity contribution in [3.8, 4) is 0 Å². The third kappa shape index (κ3) is 5.02. The minimum atomic E-state index is 0.0308. The summed E-state index contributed by atoms with van der Waals surface area (Å²) in [5.41, 5.74) is 2.67. The SMILES string of the molecule is O=C(CSc1nnc(NCc2ccccc2)s1)c1ccc(N2CCCC2=O)cc1. The number of hydrogen-bond acceptors (Lipinski definition) is 7. The molecule has 8 heteroatoms. The minimum Gasteiger partial charge on any atom is -0.356 e. The predicted molar refractivity (Wildman–Crippen MR) is 117 cm³/mol. The molecule has 1 aliphatic rings. The van der Waals surface area contributed by atoms with Crippen LogP contribution in [0.5, 0.6) is 0 Å². The van der Waals surface area contributed by atoms with Crippen LogP contribution in [0.1, 0.15) is 28.8 Å². The molecule has 0 aliphatic carbocycles. The van der Waals surface area contributed by atoms with Crippen LogP contribution in [0.2, 0.25) is 0 Å². The van der Waals surface area contributed by atoms with E-state index in [2.05, 4.69) is 15.5 Å². The first-order valence-electron chi connectivity index (χ1n) is 9.37. The van der Waals surface area contributed by atoms with Crippen LogP contribution in [0, 0.1) is 0 Å². The van der Waals surface area contributed by atoms with E-state index in [9.17, 15) is 9.59 Å². The first kappa shape index (κ1) is 19.6. The summed E-state index contributed by atoms with van der Waals surface area (Å²) in [4.78, 5) is 26.1. The van der Waals surface area contributed by atoms with Gasteiger partial charge < -0.3 is 10.2 Å². The topological polar surface area (TPSA) is 75.2 Å². The number of nitrogens with one attached hydrogen (secondary N) is 1. The highest BCUT2D eigenvalue weighted by molar-refractivity contribution is 8.01. The standard InChI is InChI=1S/C21H20N4O2S2/c26-18(16-8-10-17(11-9-16)25-12-4-7-19(25)27)14-28-21-24-23-20(29-21)22-13-15-5-2-1-3-6-15/h1-3,5-6,8-11H,4,7,12-14H2,(H,22,23). The third-order valence-electron chi connectivity index (χ3n) is 4.59. The maximum atomic E-state index is 12.5. The van der Waals surface area contributed by atoms with Crippen LogP contribution in [0.3, 0.4) is 0 Å². The molecular weight excluding hydrogens is 404 g/mol. The molecule has 0 spiro atoms. The van der Waals surface area contributed by atoms with Crippen LogP contribution in [0.4, 0.5) is 10.8 Å². The van der Waals surface area contributed by atoms with Gasteiger partial charge in [0.2, 0.25) is 11.0 Å². The molecule has 3 aromatic rings. The van der Waals surface area contributed by atoms with Crippen LogP contribution >= 0.6 is 23.1 Å². The van der Waals surface area contributed by atoms with Crippen molar-refractivity contribution in [1.82, 2.24) is 10.2 Å². The van der Waals surface area contributed by atoms with Gasteiger partial charge in [-0.05, 0) is 36.2 Å². The quantitative estimate of drug-likeness (QED) is 0.430. The molecule has 2 aromatic carbocycles. The van der Waals surface area contributed by atoms with Crippen LogP contribution in [-0.4, -0.2) is 34.2 Å². The van der Waals surface area contributed by atoms with Gasteiger partial charge in [-0.15, -0.1) is 10.2 Å². The molecule has 1 aliphatic heterocycles. The lowest BCUT2D eigenvalue weighted by Gasteiger charge is -2.15. The summed E-state index contributed by atoms with van der Waals surface area (Å²) in [5.74, 6) is 0.478. The second-order valence-electron chi connectivity index (χ2n) is 6.62. The van der Waals surface area contributed by atoms with Gasteiger partial charge in [-0.3, -0.25) is 9.59 Å². The molecule has 148 valence electrons. The third-order valence-corrected chi connectivity index (χ3v) is 6.61. The molecule has 1 saturated heterocycles. The highest BCUT2D eigenvalue weighted by Gasteiger charge is 2.21. The Morgan fingerprint density at radius 3 is 2.62 bits per heavy atom. The number of thioether (sulfide) groups is 1. The van der Waals surface area contributed by atoms with Crippen molar-refractivity contribution >= 4 is 45.6 Å². The van der Waals surface area contributed by atoms with Crippen LogP contribution < -0.4 is 10.2 Å². The van der Waals surface area contributed by atoms with Gasteiger partial charge in [-0.2, -0.15) is 0 Å². The first-order valence-corrected chi connectivity index (χ1v) is 11.2. The van der Waals surface area contributed by atoms with Gasteiger partial charge in [0.1, 0.15) is 0 Å². The Morgan fingerprint density at radius 1 is 1.10 bits per heavy atom. The van der Waals surface area contributed by atoms with Crippen molar-refractivity contribution in [2.24, 2.45) is 0 Å². The normalized spacial score (nSPS) is 13.7. The summed E-state index contributed by atoms with van der Waals surface area (Å²) < 4.78 is 0.758. The van der Waals surface area contributed by atoms with Gasteiger partial charge >= 0.3 is 0 Å². The van der Waals surface area contributed by atoms with Crippen molar-refractivity contribution in [3.05, 3.63) is 65.7 Å². The van der Waals surface area contributed by atoms with Crippen molar-refractivity contribution in [3.63, 3.8) is 0 Å². The van der Waals surface area contributed by atoms with E-state index in [1.807, 2.05) is 42.5 Å². The number of carbonyl (C=O) groups is 2. The van der Waals surface area contributed by atoms with E-state index in [1.165, 1.54) is 28.7 Å². The molecule has 4 rings (SSSR count). The second-order valence-corrected chi connectivity index (χ2v) is 8.82. The molecule has 0 atom stereocenters. The van der Waals surface area contributed by atoms with E-state index >= 15 is 0 Å². The Kier molecular flexibility index (Phi) is 6.21. The number of anilines is 2. The van der Waals surface area contributed by atoms with Crippen molar-refractivity contribution in [2.75, 3.05) is 22.5 Å². The highest BCUT2D eigenvalue weighted by atomic mass is 32.2. The molecule has 0 radical (unpaired) electrons. The lowest BCUT2D eigenvalue weighted by Crippen LogP contribution is -2.23. The van der Waals surface area contributed by atoms with Gasteiger partial charge in [0.25, 0.3) is 0 Å². The number of amides is 1. The molecule has 1 amide bonds. The van der Waals surface area contributed by atoms with Crippen molar-refractivity contribution in [2.45, 2.75) is 23.7 Å². The number of aromatic nitrogens is 2. The number of rotatable bonds is 8. The molecule has 1 N–H and O–H groups in total. The maximum absolute atomic E-state index is 12.5. The van der Waals surface area contributed by atoms with E-state index in [4.69, 9.17) is 0 Å². The van der Waals surface area contributed by atoms with E-state index in [1.54, 1.807) is 17.0 Å². The molecule has 0 bridgehead atoms. The Balaban J connectivity index is 1.28. The monoisotopic (exact) mass is 424 g/mol. The van der Waals surface area contributed by atoms with Crippen LogP contribution in [-0.2, 0) is 11.3 Å². The average molecular weight is 425 g/mol. The van der Waals surface area contributed by atoms with Crippen LogP contribution in [0.25, 0.3) is 0 Å². The molecular formula is C21H20N4O2S2. The summed E-state index contributed by atoms with van der Waals surface area (Å²) in [7, 11) is 0. The smallest absolute Gasteiger partial charge is 0.227 e. The van der Waals surface area contributed by atoms with Gasteiger partial charge in [-0.25, -0.2) is 0 Å². The largest absolute Gasteiger partial charge is 0.356 e. The molecule has 1 aromatic heterocycles. The Bertz CT molecular complexity index is 989. The summed E-state index contributed by atoms with van der Waals surface area (Å²) in [6, 6.07) is 17.3. The molecule has 0 unspecified atom stereocenters. The van der Waals surface area contributed by atoms with E-state index in [0.29, 0.717) is 24.3 Å². The lowest BCUT2D eigenvalue weighted by molar-refractivity contribution is -0.117. The zero-order valence-electron chi connectivity index (χ0n) is 15.7. The molecule has 2 heterocycles. The Morgan fingerprint density at radius 2 is 1.90 bits per heavy atom. The lowest BCUT2D eigenvalue weighted by atomic mass is 10.1. The Hall–Kier alpha value is -2.71. The fourth-order valence-corrected chi connectivity index (χ4v) is 4.71. The zero-order chi connectivity index (χ0) is 20.1. The number of benzene rings is 2. The Labute approximate surface area is 177 Å². The number of ketones is 1. The van der Waals surface area contributed by atoms with Crippen LogP contribution in [0.15, 0.2) is 58.9 Å². The summed E-state index contributed by atoms with van der Waals surface area (Å²) in [5, 5.41) is 12.3. The van der Waals surface area contributed by atoms with Gasteiger partial charge in [0.05, 0.1) is 5.75 Å². The summed E-state index contributed by atoms with van der Waals surface area (Å²) in [6.07, 6.45) is 1.49. The molecule has 0 saturated carbocycles. The average Bonchev–Trinajstić information content (AvgIpc) is 3.40. The van der Waals surface area contributed by atoms with Crippen molar-refractivity contribution < 1.29 is 9.59 Å². The summed E-state index contributed by atoms with van der Waals surface area (Å²) in [6.45, 7) is 1.44. The van der Waals surface area contributed by atoms with Gasteiger partial charge in [-0.1, -0.05) is 53.4 Å². The van der Waals surface area contributed by atoms with Gasteiger partial charge in [0, 0.05) is 30.8 Å². The van der Waals surface area contributed by atoms with E-state index in [-0.39, 0.29) is 11.7 Å². The highest BCUT2D eigenvalue weighted by Crippen LogP contribution is 2.27. The molecule has 6 nitrogen and oxygen atoms in total. The molecule has 29 heavy (non-hydrogen) atoms. The first-order chi connectivity index (χ1) is 14.2. The number of Topliss-reactive ketones (excluding diaryl/α,β-unsaturated/α-hetero) is 1. The van der Waals surface area contributed by atoms with E-state index in [0.717, 1.165) is 28.1 Å².